The van der Waals surface area contributed by atoms with Gasteiger partial charge in [0.2, 0.25) is 0 Å². The first-order chi connectivity index (χ1) is 6.25. The smallest absolute Gasteiger partial charge is 0.180 e. The largest absolute Gasteiger partial charge is 0.375 e. The van der Waals surface area contributed by atoms with E-state index in [1.807, 2.05) is 11.4 Å². The number of nitrogens with two attached hydrogens (primary N) is 1. The molecule has 5 heteroatoms. The van der Waals surface area contributed by atoms with Crippen LogP contribution in [0.3, 0.4) is 0 Å². The number of aromatic nitrogens is 2. The fourth-order valence-corrected chi connectivity index (χ4v) is 1.91. The third-order valence-corrected chi connectivity index (χ3v) is 2.63. The Bertz CT molecular complexity index is 427. The predicted molar refractivity (Wildman–Crippen MR) is 57.5 cm³/mol. The lowest BCUT2D eigenvalue weighted by Crippen LogP contribution is -1.83. The second-order valence-corrected chi connectivity index (χ2v) is 4.27. The summed E-state index contributed by atoms with van der Waals surface area (Å²) in [5, 5.41) is 2.49. The third-order valence-electron chi connectivity index (χ3n) is 1.52. The summed E-state index contributed by atoms with van der Waals surface area (Å²) in [5.41, 5.74) is 7.38. The number of hydrogen-bond donors (Lipinski definition) is 1. The Morgan fingerprint density at radius 1 is 1.38 bits per heavy atom. The van der Waals surface area contributed by atoms with Gasteiger partial charge in [0.05, 0.1) is 5.69 Å². The van der Waals surface area contributed by atoms with Crippen LogP contribution in [-0.2, 0) is 0 Å². The molecule has 0 saturated heterocycles. The number of nitrogen functional groups attached to an aromatic ring is 1. The maximum Gasteiger partial charge on any atom is 0.180 e. The Kier molecular flexibility index (Phi) is 2.28. The van der Waals surface area contributed by atoms with Crippen LogP contribution < -0.4 is 5.73 Å². The van der Waals surface area contributed by atoms with Gasteiger partial charge in [0.1, 0.15) is 0 Å². The summed E-state index contributed by atoms with van der Waals surface area (Å²) in [5.74, 6) is 0. The molecule has 0 aliphatic carbocycles. The Labute approximate surface area is 87.8 Å². The van der Waals surface area contributed by atoms with Gasteiger partial charge in [0.25, 0.3) is 0 Å². The van der Waals surface area contributed by atoms with E-state index in [1.165, 1.54) is 11.3 Å². The molecule has 2 N–H and O–H groups in total. The van der Waals surface area contributed by atoms with E-state index in [4.69, 9.17) is 5.73 Å². The average Bonchev–Trinajstić information content (AvgIpc) is 2.52. The van der Waals surface area contributed by atoms with Gasteiger partial charge in [-0.05, 0) is 22.0 Å². The van der Waals surface area contributed by atoms with Crippen molar-refractivity contribution in [1.82, 2.24) is 9.97 Å². The van der Waals surface area contributed by atoms with E-state index in [-0.39, 0.29) is 0 Å². The summed E-state index contributed by atoms with van der Waals surface area (Å²) in [6.07, 6.45) is 3.50. The van der Waals surface area contributed by atoms with E-state index < -0.39 is 0 Å². The fourth-order valence-electron chi connectivity index (χ4n) is 0.972. The van der Waals surface area contributed by atoms with Crippen molar-refractivity contribution in [2.45, 2.75) is 0 Å². The highest BCUT2D eigenvalue weighted by molar-refractivity contribution is 9.10. The standard InChI is InChI=1S/C8H6BrN3S/c9-6-1-5(2-11-3-6)7-4-13-8(10)12-7/h1-4H,(H2,10,12). The molecule has 0 atom stereocenters. The van der Waals surface area contributed by atoms with E-state index in [2.05, 4.69) is 25.9 Å². The zero-order valence-electron chi connectivity index (χ0n) is 6.57. The van der Waals surface area contributed by atoms with Crippen LogP contribution in [0.15, 0.2) is 28.3 Å². The first-order valence-electron chi connectivity index (χ1n) is 3.57. The molecule has 2 heterocycles. The van der Waals surface area contributed by atoms with Crippen molar-refractivity contribution < 1.29 is 0 Å². The molecule has 13 heavy (non-hydrogen) atoms. The molecule has 0 fully saturated rings. The van der Waals surface area contributed by atoms with Gasteiger partial charge in [0.15, 0.2) is 5.13 Å². The van der Waals surface area contributed by atoms with Crippen LogP contribution in [0.4, 0.5) is 5.13 Å². The quantitative estimate of drug-likeness (QED) is 0.853. The van der Waals surface area contributed by atoms with Crippen molar-refractivity contribution in [3.05, 3.63) is 28.3 Å². The summed E-state index contributed by atoms with van der Waals surface area (Å²) in [7, 11) is 0. The van der Waals surface area contributed by atoms with Crippen LogP contribution in [0.5, 0.6) is 0 Å². The molecule has 0 aliphatic heterocycles. The van der Waals surface area contributed by atoms with Crippen LogP contribution in [0.25, 0.3) is 11.3 Å². The summed E-state index contributed by atoms with van der Waals surface area (Å²) < 4.78 is 0.941. The summed E-state index contributed by atoms with van der Waals surface area (Å²) in [6, 6.07) is 1.96. The summed E-state index contributed by atoms with van der Waals surface area (Å²) >= 11 is 4.78. The van der Waals surface area contributed by atoms with E-state index in [0.717, 1.165) is 15.7 Å². The number of pyridine rings is 1. The maximum atomic E-state index is 5.53. The predicted octanol–water partition coefficient (Wildman–Crippen LogP) is 2.55. The van der Waals surface area contributed by atoms with Gasteiger partial charge < -0.3 is 5.73 Å². The van der Waals surface area contributed by atoms with Crippen LogP contribution in [0.1, 0.15) is 0 Å². The summed E-state index contributed by atoms with van der Waals surface area (Å²) in [4.78, 5) is 8.20. The molecule has 2 aromatic heterocycles. The van der Waals surface area contributed by atoms with Crippen LogP contribution >= 0.6 is 27.3 Å². The molecular weight excluding hydrogens is 250 g/mol. The van der Waals surface area contributed by atoms with Gasteiger partial charge in [-0.2, -0.15) is 0 Å². The highest BCUT2D eigenvalue weighted by atomic mass is 79.9. The number of anilines is 1. The summed E-state index contributed by atoms with van der Waals surface area (Å²) in [6.45, 7) is 0. The Hall–Kier alpha value is -0.940. The van der Waals surface area contributed by atoms with Crippen LogP contribution in [-0.4, -0.2) is 9.97 Å². The van der Waals surface area contributed by atoms with Crippen molar-refractivity contribution in [3.63, 3.8) is 0 Å². The molecule has 0 aromatic carbocycles. The fraction of sp³-hybridized carbons (Fsp3) is 0. The van der Waals surface area contributed by atoms with Crippen LogP contribution in [0.2, 0.25) is 0 Å². The molecule has 0 amide bonds. The SMILES string of the molecule is Nc1nc(-c2cncc(Br)c2)cs1. The minimum absolute atomic E-state index is 0.579. The van der Waals surface area contributed by atoms with Crippen molar-refractivity contribution >= 4 is 32.4 Å². The topological polar surface area (TPSA) is 51.8 Å². The van der Waals surface area contributed by atoms with Gasteiger partial charge in [-0.25, -0.2) is 4.98 Å². The number of hydrogen-bond acceptors (Lipinski definition) is 4. The highest BCUT2D eigenvalue weighted by Gasteiger charge is 2.02. The average molecular weight is 256 g/mol. The van der Waals surface area contributed by atoms with Crippen molar-refractivity contribution in [3.8, 4) is 11.3 Å². The Morgan fingerprint density at radius 2 is 2.23 bits per heavy atom. The minimum Gasteiger partial charge on any atom is -0.375 e. The number of halogens is 1. The lowest BCUT2D eigenvalue weighted by Gasteiger charge is -1.95. The molecule has 0 unspecified atom stereocenters. The third kappa shape index (κ3) is 1.87. The molecule has 66 valence electrons. The number of rotatable bonds is 1. The number of thiazole rings is 1. The molecule has 3 nitrogen and oxygen atoms in total. The van der Waals surface area contributed by atoms with Gasteiger partial charge >= 0.3 is 0 Å². The molecule has 0 spiro atoms. The monoisotopic (exact) mass is 255 g/mol. The normalized spacial score (nSPS) is 10.2. The van der Waals surface area contributed by atoms with Crippen molar-refractivity contribution in [2.24, 2.45) is 0 Å². The lowest BCUT2D eigenvalue weighted by atomic mass is 10.2. The van der Waals surface area contributed by atoms with Gasteiger partial charge in [-0.3, -0.25) is 4.98 Å². The van der Waals surface area contributed by atoms with E-state index in [1.54, 1.807) is 12.4 Å². The second-order valence-electron chi connectivity index (χ2n) is 2.46. The molecule has 2 rings (SSSR count). The Morgan fingerprint density at radius 3 is 2.85 bits per heavy atom. The number of nitrogens with zero attached hydrogens (tertiary/aromatic N) is 2. The molecule has 0 radical (unpaired) electrons. The zero-order valence-corrected chi connectivity index (χ0v) is 8.97. The minimum atomic E-state index is 0.579. The van der Waals surface area contributed by atoms with Crippen LogP contribution in [0, 0.1) is 0 Å². The zero-order chi connectivity index (χ0) is 9.26. The van der Waals surface area contributed by atoms with E-state index >= 15 is 0 Å². The molecule has 0 saturated carbocycles. The highest BCUT2D eigenvalue weighted by Crippen LogP contribution is 2.24. The molecule has 2 aromatic rings. The Balaban J connectivity index is 2.46. The second kappa shape index (κ2) is 3.43. The molecule has 0 aliphatic rings. The lowest BCUT2D eigenvalue weighted by molar-refractivity contribution is 1.29. The molecule has 0 bridgehead atoms. The van der Waals surface area contributed by atoms with E-state index in [0.29, 0.717) is 5.13 Å². The van der Waals surface area contributed by atoms with E-state index in [9.17, 15) is 0 Å². The van der Waals surface area contributed by atoms with Crippen molar-refractivity contribution in [2.75, 3.05) is 5.73 Å². The van der Waals surface area contributed by atoms with Gasteiger partial charge in [-0.15, -0.1) is 11.3 Å². The molecular formula is C8H6BrN3S. The van der Waals surface area contributed by atoms with Crippen molar-refractivity contribution in [1.29, 1.82) is 0 Å². The van der Waals surface area contributed by atoms with Gasteiger partial charge in [0, 0.05) is 27.8 Å². The van der Waals surface area contributed by atoms with Gasteiger partial charge in [-0.1, -0.05) is 0 Å². The first-order valence-corrected chi connectivity index (χ1v) is 5.25. The first kappa shape index (κ1) is 8.65. The maximum absolute atomic E-state index is 5.53.